The highest BCUT2D eigenvalue weighted by atomic mass is 19.1. The van der Waals surface area contributed by atoms with Gasteiger partial charge in [0.05, 0.1) is 5.69 Å². The molecule has 1 aliphatic rings. The van der Waals surface area contributed by atoms with Gasteiger partial charge in [-0.15, -0.1) is 0 Å². The third kappa shape index (κ3) is 4.39. The minimum Gasteiger partial charge on any atom is -0.322 e. The van der Waals surface area contributed by atoms with E-state index >= 15 is 0 Å². The molecule has 1 aromatic carbocycles. The second kappa shape index (κ2) is 7.36. The van der Waals surface area contributed by atoms with Gasteiger partial charge in [-0.1, -0.05) is 13.3 Å². The molecule has 1 N–H and O–H groups in total. The van der Waals surface area contributed by atoms with Crippen molar-refractivity contribution in [3.05, 3.63) is 29.8 Å². The van der Waals surface area contributed by atoms with Gasteiger partial charge in [0.15, 0.2) is 0 Å². The first-order valence-electron chi connectivity index (χ1n) is 7.33. The first kappa shape index (κ1) is 15.7. The molecule has 1 heterocycles. The summed E-state index contributed by atoms with van der Waals surface area (Å²) in [6, 6.07) is 2.79. The fourth-order valence-corrected chi connectivity index (χ4v) is 2.34. The standard InChI is InChI=1S/C15H21F2N3O/c1-2-3-6-19-7-9-20(10-8-19)15(21)18-14-5-4-12(16)11-13(14)17/h4-5,11H,2-3,6-10H2,1H3,(H,18,21). The van der Waals surface area contributed by atoms with E-state index in [1.807, 2.05) is 0 Å². The van der Waals surface area contributed by atoms with Crippen molar-refractivity contribution >= 4 is 11.7 Å². The number of hydrogen-bond acceptors (Lipinski definition) is 2. The first-order valence-corrected chi connectivity index (χ1v) is 7.33. The van der Waals surface area contributed by atoms with Crippen molar-refractivity contribution < 1.29 is 13.6 Å². The van der Waals surface area contributed by atoms with Crippen molar-refractivity contribution in [2.24, 2.45) is 0 Å². The van der Waals surface area contributed by atoms with Crippen LogP contribution in [0.25, 0.3) is 0 Å². The fourth-order valence-electron chi connectivity index (χ4n) is 2.34. The molecule has 1 saturated heterocycles. The summed E-state index contributed by atoms with van der Waals surface area (Å²) in [5.41, 5.74) is 0.00909. The van der Waals surface area contributed by atoms with E-state index in [0.29, 0.717) is 13.1 Å². The maximum absolute atomic E-state index is 13.5. The number of anilines is 1. The Bertz CT molecular complexity index is 488. The zero-order valence-electron chi connectivity index (χ0n) is 12.2. The normalized spacial score (nSPS) is 16.0. The van der Waals surface area contributed by atoms with E-state index in [1.54, 1.807) is 4.90 Å². The number of benzene rings is 1. The van der Waals surface area contributed by atoms with Crippen molar-refractivity contribution in [1.82, 2.24) is 9.80 Å². The summed E-state index contributed by atoms with van der Waals surface area (Å²) >= 11 is 0. The van der Waals surface area contributed by atoms with Crippen molar-refractivity contribution in [3.63, 3.8) is 0 Å². The van der Waals surface area contributed by atoms with Crippen molar-refractivity contribution in [1.29, 1.82) is 0 Å². The molecule has 21 heavy (non-hydrogen) atoms. The number of urea groups is 1. The number of carbonyl (C=O) groups is 1. The smallest absolute Gasteiger partial charge is 0.322 e. The Morgan fingerprint density at radius 2 is 1.95 bits per heavy atom. The monoisotopic (exact) mass is 297 g/mol. The van der Waals surface area contributed by atoms with E-state index in [4.69, 9.17) is 0 Å². The van der Waals surface area contributed by atoms with Gasteiger partial charge < -0.3 is 10.2 Å². The molecule has 4 nitrogen and oxygen atoms in total. The molecule has 0 unspecified atom stereocenters. The van der Waals surface area contributed by atoms with Crippen molar-refractivity contribution in [2.75, 3.05) is 38.0 Å². The van der Waals surface area contributed by atoms with Crippen LogP contribution in [0.5, 0.6) is 0 Å². The van der Waals surface area contributed by atoms with Crippen molar-refractivity contribution in [2.45, 2.75) is 19.8 Å². The molecule has 2 amide bonds. The van der Waals surface area contributed by atoms with Crippen LogP contribution in [0.1, 0.15) is 19.8 Å². The van der Waals surface area contributed by atoms with Gasteiger partial charge in [-0.2, -0.15) is 0 Å². The van der Waals surface area contributed by atoms with Crippen LogP contribution in [0.3, 0.4) is 0 Å². The Balaban J connectivity index is 1.84. The average Bonchev–Trinajstić information content (AvgIpc) is 2.48. The summed E-state index contributed by atoms with van der Waals surface area (Å²) in [5, 5.41) is 2.49. The van der Waals surface area contributed by atoms with Crippen molar-refractivity contribution in [3.8, 4) is 0 Å². The SMILES string of the molecule is CCCCN1CCN(C(=O)Nc2ccc(F)cc2F)CC1. The minimum atomic E-state index is -0.759. The number of carbonyl (C=O) groups excluding carboxylic acids is 1. The number of nitrogens with one attached hydrogen (secondary N) is 1. The summed E-state index contributed by atoms with van der Waals surface area (Å²) in [6.07, 6.45) is 2.32. The number of piperazine rings is 1. The van der Waals surface area contributed by atoms with Crippen LogP contribution in [0, 0.1) is 11.6 Å². The van der Waals surface area contributed by atoms with Gasteiger partial charge in [0.25, 0.3) is 0 Å². The highest BCUT2D eigenvalue weighted by molar-refractivity contribution is 5.89. The molecule has 0 radical (unpaired) electrons. The van der Waals surface area contributed by atoms with Gasteiger partial charge in [-0.3, -0.25) is 4.90 Å². The molecule has 0 aromatic heterocycles. The number of hydrogen-bond donors (Lipinski definition) is 1. The number of nitrogens with zero attached hydrogens (tertiary/aromatic N) is 2. The first-order chi connectivity index (χ1) is 10.1. The van der Waals surface area contributed by atoms with Crippen LogP contribution in [-0.4, -0.2) is 48.6 Å². The molecule has 116 valence electrons. The lowest BCUT2D eigenvalue weighted by atomic mass is 10.2. The molecule has 0 bridgehead atoms. The van der Waals surface area contributed by atoms with Gasteiger partial charge in [-0.25, -0.2) is 13.6 Å². The number of halogens is 2. The number of unbranched alkanes of at least 4 members (excludes halogenated alkanes) is 1. The zero-order valence-corrected chi connectivity index (χ0v) is 12.2. The van der Waals surface area contributed by atoms with Crippen LogP contribution >= 0.6 is 0 Å². The number of amides is 2. The highest BCUT2D eigenvalue weighted by Crippen LogP contribution is 2.16. The van der Waals surface area contributed by atoms with Gasteiger partial charge in [0, 0.05) is 32.2 Å². The summed E-state index contributed by atoms with van der Waals surface area (Å²) < 4.78 is 26.3. The van der Waals surface area contributed by atoms with E-state index in [-0.39, 0.29) is 11.7 Å². The highest BCUT2D eigenvalue weighted by Gasteiger charge is 2.21. The van der Waals surface area contributed by atoms with E-state index < -0.39 is 11.6 Å². The second-order valence-electron chi connectivity index (χ2n) is 5.24. The van der Waals surface area contributed by atoms with Crippen LogP contribution in [0.4, 0.5) is 19.3 Å². The largest absolute Gasteiger partial charge is 0.322 e. The summed E-state index contributed by atoms with van der Waals surface area (Å²) in [5.74, 6) is -1.42. The maximum atomic E-state index is 13.5. The number of rotatable bonds is 4. The third-order valence-electron chi connectivity index (χ3n) is 3.66. The Morgan fingerprint density at radius 3 is 2.57 bits per heavy atom. The Hall–Kier alpha value is -1.69. The summed E-state index contributed by atoms with van der Waals surface area (Å²) in [7, 11) is 0. The topological polar surface area (TPSA) is 35.6 Å². The Kier molecular flexibility index (Phi) is 5.50. The quantitative estimate of drug-likeness (QED) is 0.927. The van der Waals surface area contributed by atoms with Gasteiger partial charge >= 0.3 is 6.03 Å². The molecular formula is C15H21F2N3O. The molecule has 1 fully saturated rings. The fraction of sp³-hybridized carbons (Fsp3) is 0.533. The van der Waals surface area contributed by atoms with Gasteiger partial charge in [0.1, 0.15) is 11.6 Å². The van der Waals surface area contributed by atoms with Crippen LogP contribution < -0.4 is 5.32 Å². The zero-order chi connectivity index (χ0) is 15.2. The van der Waals surface area contributed by atoms with Crippen LogP contribution in [0.15, 0.2) is 18.2 Å². The summed E-state index contributed by atoms with van der Waals surface area (Å²) in [6.45, 7) is 6.12. The van der Waals surface area contributed by atoms with Gasteiger partial charge in [0.2, 0.25) is 0 Å². The predicted octanol–water partition coefficient (Wildman–Crippen LogP) is 2.91. The Labute approximate surface area is 123 Å². The van der Waals surface area contributed by atoms with Crippen LogP contribution in [-0.2, 0) is 0 Å². The lowest BCUT2D eigenvalue weighted by Crippen LogP contribution is -2.50. The predicted molar refractivity (Wildman–Crippen MR) is 78.3 cm³/mol. The van der Waals surface area contributed by atoms with E-state index in [9.17, 15) is 13.6 Å². The molecule has 1 aliphatic heterocycles. The van der Waals surface area contributed by atoms with Crippen LogP contribution in [0.2, 0.25) is 0 Å². The molecule has 0 aliphatic carbocycles. The molecule has 1 aromatic rings. The molecule has 0 spiro atoms. The molecule has 0 saturated carbocycles. The minimum absolute atomic E-state index is 0.00909. The Morgan fingerprint density at radius 1 is 1.24 bits per heavy atom. The molecular weight excluding hydrogens is 276 g/mol. The molecule has 6 heteroatoms. The molecule has 2 rings (SSSR count). The lowest BCUT2D eigenvalue weighted by Gasteiger charge is -2.34. The van der Waals surface area contributed by atoms with E-state index in [0.717, 1.165) is 44.6 Å². The lowest BCUT2D eigenvalue weighted by molar-refractivity contribution is 0.146. The summed E-state index contributed by atoms with van der Waals surface area (Å²) in [4.78, 5) is 16.0. The maximum Gasteiger partial charge on any atom is 0.322 e. The average molecular weight is 297 g/mol. The molecule has 0 atom stereocenters. The van der Waals surface area contributed by atoms with E-state index in [1.165, 1.54) is 6.07 Å². The van der Waals surface area contributed by atoms with Gasteiger partial charge in [-0.05, 0) is 25.1 Å². The second-order valence-corrected chi connectivity index (χ2v) is 5.24. The third-order valence-corrected chi connectivity index (χ3v) is 3.66. The van der Waals surface area contributed by atoms with E-state index in [2.05, 4.69) is 17.1 Å².